The van der Waals surface area contributed by atoms with Gasteiger partial charge in [-0.25, -0.2) is 0 Å². The molecular formula is C14H22N2O2. The van der Waals surface area contributed by atoms with E-state index in [0.717, 1.165) is 25.3 Å². The molecule has 0 unspecified atom stereocenters. The predicted octanol–water partition coefficient (Wildman–Crippen LogP) is 1.81. The molecule has 1 aromatic rings. The van der Waals surface area contributed by atoms with E-state index in [2.05, 4.69) is 17.6 Å². The van der Waals surface area contributed by atoms with E-state index in [0.29, 0.717) is 18.7 Å². The van der Waals surface area contributed by atoms with E-state index in [-0.39, 0.29) is 5.91 Å². The predicted molar refractivity (Wildman–Crippen MR) is 73.1 cm³/mol. The Hall–Kier alpha value is -1.55. The van der Waals surface area contributed by atoms with Gasteiger partial charge in [-0.05, 0) is 31.2 Å². The van der Waals surface area contributed by atoms with Gasteiger partial charge in [-0.2, -0.15) is 0 Å². The maximum atomic E-state index is 11.8. The molecule has 1 amide bonds. The first-order valence-corrected chi connectivity index (χ1v) is 6.49. The monoisotopic (exact) mass is 250 g/mol. The average molecular weight is 250 g/mol. The van der Waals surface area contributed by atoms with E-state index >= 15 is 0 Å². The van der Waals surface area contributed by atoms with Crippen molar-refractivity contribution < 1.29 is 9.53 Å². The van der Waals surface area contributed by atoms with Crippen molar-refractivity contribution in [1.82, 2.24) is 10.6 Å². The standard InChI is InChI=1S/C14H22N2O2/c1-3-10-18-13-7-5-6-12(11-13)14(17)16-9-8-15-4-2/h5-7,11,15H,3-4,8-10H2,1-2H3,(H,16,17). The molecule has 18 heavy (non-hydrogen) atoms. The molecule has 1 aromatic carbocycles. The number of hydrogen-bond acceptors (Lipinski definition) is 3. The fourth-order valence-electron chi connectivity index (χ4n) is 1.49. The van der Waals surface area contributed by atoms with Crippen molar-refractivity contribution in [1.29, 1.82) is 0 Å². The molecule has 0 aromatic heterocycles. The van der Waals surface area contributed by atoms with Crippen LogP contribution >= 0.6 is 0 Å². The summed E-state index contributed by atoms with van der Waals surface area (Å²) in [6.07, 6.45) is 0.957. The number of benzene rings is 1. The molecular weight excluding hydrogens is 228 g/mol. The highest BCUT2D eigenvalue weighted by Crippen LogP contribution is 2.13. The normalized spacial score (nSPS) is 10.1. The average Bonchev–Trinajstić information content (AvgIpc) is 2.41. The van der Waals surface area contributed by atoms with Crippen molar-refractivity contribution >= 4 is 5.91 Å². The molecule has 0 bridgehead atoms. The first kappa shape index (κ1) is 14.5. The van der Waals surface area contributed by atoms with Crippen LogP contribution in [0.3, 0.4) is 0 Å². The Morgan fingerprint density at radius 1 is 1.28 bits per heavy atom. The molecule has 4 nitrogen and oxygen atoms in total. The molecule has 100 valence electrons. The van der Waals surface area contributed by atoms with Crippen molar-refractivity contribution in [3.63, 3.8) is 0 Å². The van der Waals surface area contributed by atoms with Gasteiger partial charge in [-0.3, -0.25) is 4.79 Å². The molecule has 0 radical (unpaired) electrons. The maximum absolute atomic E-state index is 11.8. The minimum atomic E-state index is -0.0603. The highest BCUT2D eigenvalue weighted by molar-refractivity contribution is 5.94. The van der Waals surface area contributed by atoms with Crippen molar-refractivity contribution in [2.45, 2.75) is 20.3 Å². The Morgan fingerprint density at radius 3 is 2.83 bits per heavy atom. The largest absolute Gasteiger partial charge is 0.494 e. The number of carbonyl (C=O) groups is 1. The lowest BCUT2D eigenvalue weighted by Gasteiger charge is -2.08. The molecule has 0 fully saturated rings. The molecule has 0 aliphatic rings. The molecule has 0 aliphatic heterocycles. The summed E-state index contributed by atoms with van der Waals surface area (Å²) in [7, 11) is 0. The number of nitrogens with one attached hydrogen (secondary N) is 2. The van der Waals surface area contributed by atoms with Gasteiger partial charge in [0.05, 0.1) is 6.61 Å². The lowest BCUT2D eigenvalue weighted by atomic mass is 10.2. The van der Waals surface area contributed by atoms with Gasteiger partial charge in [0, 0.05) is 18.7 Å². The van der Waals surface area contributed by atoms with Gasteiger partial charge in [0.25, 0.3) is 5.91 Å². The third kappa shape index (κ3) is 5.19. The number of rotatable bonds is 8. The van der Waals surface area contributed by atoms with Crippen LogP contribution < -0.4 is 15.4 Å². The second-order valence-electron chi connectivity index (χ2n) is 3.99. The quantitative estimate of drug-likeness (QED) is 0.692. The smallest absolute Gasteiger partial charge is 0.251 e. The van der Waals surface area contributed by atoms with Crippen LogP contribution in [0.25, 0.3) is 0 Å². The number of likely N-dealkylation sites (N-methyl/N-ethyl adjacent to an activating group) is 1. The van der Waals surface area contributed by atoms with Gasteiger partial charge in [0.2, 0.25) is 0 Å². The fourth-order valence-corrected chi connectivity index (χ4v) is 1.49. The van der Waals surface area contributed by atoms with E-state index in [1.54, 1.807) is 12.1 Å². The fraction of sp³-hybridized carbons (Fsp3) is 0.500. The molecule has 4 heteroatoms. The minimum absolute atomic E-state index is 0.0603. The van der Waals surface area contributed by atoms with Gasteiger partial charge in [-0.15, -0.1) is 0 Å². The molecule has 2 N–H and O–H groups in total. The highest BCUT2D eigenvalue weighted by atomic mass is 16.5. The number of ether oxygens (including phenoxy) is 1. The van der Waals surface area contributed by atoms with Crippen LogP contribution in [0.5, 0.6) is 5.75 Å². The van der Waals surface area contributed by atoms with Gasteiger partial charge in [0.15, 0.2) is 0 Å². The van der Waals surface area contributed by atoms with Crippen LogP contribution in [-0.4, -0.2) is 32.1 Å². The molecule has 0 spiro atoms. The SMILES string of the molecule is CCCOc1cccc(C(=O)NCCNCC)c1. The van der Waals surface area contributed by atoms with E-state index < -0.39 is 0 Å². The van der Waals surface area contributed by atoms with Crippen LogP contribution in [0, 0.1) is 0 Å². The molecule has 0 saturated heterocycles. The van der Waals surface area contributed by atoms with Gasteiger partial charge < -0.3 is 15.4 Å². The summed E-state index contributed by atoms with van der Waals surface area (Å²) in [6.45, 7) is 7.09. The topological polar surface area (TPSA) is 50.4 Å². The molecule has 0 aliphatic carbocycles. The summed E-state index contributed by atoms with van der Waals surface area (Å²) >= 11 is 0. The van der Waals surface area contributed by atoms with Crippen molar-refractivity contribution in [2.24, 2.45) is 0 Å². The van der Waals surface area contributed by atoms with E-state index in [9.17, 15) is 4.79 Å². The number of hydrogen-bond donors (Lipinski definition) is 2. The summed E-state index contributed by atoms with van der Waals surface area (Å²) in [5.41, 5.74) is 0.639. The van der Waals surface area contributed by atoms with Crippen LogP contribution in [-0.2, 0) is 0 Å². The van der Waals surface area contributed by atoms with Crippen LogP contribution in [0.4, 0.5) is 0 Å². The molecule has 0 saturated carbocycles. The summed E-state index contributed by atoms with van der Waals surface area (Å²) in [5.74, 6) is 0.686. The second-order valence-corrected chi connectivity index (χ2v) is 3.99. The first-order valence-electron chi connectivity index (χ1n) is 6.49. The number of amides is 1. The Kier molecular flexibility index (Phi) is 6.87. The van der Waals surface area contributed by atoms with Crippen LogP contribution in [0.1, 0.15) is 30.6 Å². The molecule has 0 heterocycles. The lowest BCUT2D eigenvalue weighted by Crippen LogP contribution is -2.31. The highest BCUT2D eigenvalue weighted by Gasteiger charge is 2.05. The zero-order valence-corrected chi connectivity index (χ0v) is 11.2. The van der Waals surface area contributed by atoms with E-state index in [4.69, 9.17) is 4.74 Å². The molecule has 1 rings (SSSR count). The third-order valence-corrected chi connectivity index (χ3v) is 2.41. The second kappa shape index (κ2) is 8.53. The van der Waals surface area contributed by atoms with E-state index in [1.807, 2.05) is 19.1 Å². The first-order chi connectivity index (χ1) is 8.77. The Morgan fingerprint density at radius 2 is 2.11 bits per heavy atom. The van der Waals surface area contributed by atoms with Gasteiger partial charge in [-0.1, -0.05) is 19.9 Å². The van der Waals surface area contributed by atoms with Gasteiger partial charge in [0.1, 0.15) is 5.75 Å². The summed E-state index contributed by atoms with van der Waals surface area (Å²) in [5, 5.41) is 6.02. The zero-order valence-electron chi connectivity index (χ0n) is 11.2. The Balaban J connectivity index is 2.46. The van der Waals surface area contributed by atoms with Crippen LogP contribution in [0.15, 0.2) is 24.3 Å². The summed E-state index contributed by atoms with van der Waals surface area (Å²) in [6, 6.07) is 7.27. The summed E-state index contributed by atoms with van der Waals surface area (Å²) < 4.78 is 5.50. The minimum Gasteiger partial charge on any atom is -0.494 e. The van der Waals surface area contributed by atoms with Crippen molar-refractivity contribution in [3.8, 4) is 5.75 Å². The van der Waals surface area contributed by atoms with Crippen molar-refractivity contribution in [3.05, 3.63) is 29.8 Å². The lowest BCUT2D eigenvalue weighted by molar-refractivity contribution is 0.0953. The maximum Gasteiger partial charge on any atom is 0.251 e. The Bertz CT molecular complexity index is 367. The summed E-state index contributed by atoms with van der Waals surface area (Å²) in [4.78, 5) is 11.8. The van der Waals surface area contributed by atoms with Gasteiger partial charge >= 0.3 is 0 Å². The molecule has 0 atom stereocenters. The Labute approximate surface area is 109 Å². The third-order valence-electron chi connectivity index (χ3n) is 2.41. The zero-order chi connectivity index (χ0) is 13.2. The van der Waals surface area contributed by atoms with Crippen molar-refractivity contribution in [2.75, 3.05) is 26.2 Å². The van der Waals surface area contributed by atoms with E-state index in [1.165, 1.54) is 0 Å². The van der Waals surface area contributed by atoms with Crippen LogP contribution in [0.2, 0.25) is 0 Å². The number of carbonyl (C=O) groups excluding carboxylic acids is 1.